The number of aliphatic hydroxyl groups excluding tert-OH is 1. The summed E-state index contributed by atoms with van der Waals surface area (Å²) in [6.45, 7) is 1.54. The van der Waals surface area contributed by atoms with E-state index in [1.165, 1.54) is 32.4 Å². The van der Waals surface area contributed by atoms with Crippen molar-refractivity contribution < 1.29 is 33.2 Å². The number of carbonyl (C=O) groups is 1. The van der Waals surface area contributed by atoms with E-state index in [2.05, 4.69) is 15.3 Å². The maximum atomic E-state index is 13.6. The molecule has 34 heavy (non-hydrogen) atoms. The Kier molecular flexibility index (Phi) is 6.55. The Morgan fingerprint density at radius 2 is 1.88 bits per heavy atom. The number of rotatable bonds is 6. The van der Waals surface area contributed by atoms with Crippen molar-refractivity contribution in [2.45, 2.75) is 13.5 Å². The first-order chi connectivity index (χ1) is 16.4. The highest BCUT2D eigenvalue weighted by atomic mass is 19.1. The molecule has 0 unspecified atom stereocenters. The number of aromatic nitrogens is 1. The number of hydrogen-bond acceptors (Lipinski definition) is 6. The van der Waals surface area contributed by atoms with Crippen molar-refractivity contribution >= 4 is 28.3 Å². The molecule has 9 heteroatoms. The van der Waals surface area contributed by atoms with Crippen LogP contribution in [0.25, 0.3) is 11.0 Å². The number of ether oxygens (including phenoxy) is 2. The summed E-state index contributed by atoms with van der Waals surface area (Å²) in [4.78, 5) is 20.8. The van der Waals surface area contributed by atoms with Crippen molar-refractivity contribution in [2.75, 3.05) is 19.5 Å². The van der Waals surface area contributed by atoms with E-state index in [-0.39, 0.29) is 23.4 Å². The first kappa shape index (κ1) is 22.9. The first-order valence-electron chi connectivity index (χ1n) is 10.4. The third-order valence-electron chi connectivity index (χ3n) is 5.18. The number of halogens is 1. The number of nitrogens with zero attached hydrogens (tertiary/aromatic N) is 1. The third-order valence-corrected chi connectivity index (χ3v) is 5.18. The number of nitrogens with one attached hydrogen (secondary N) is 2. The van der Waals surface area contributed by atoms with Crippen LogP contribution in [0.5, 0.6) is 11.5 Å². The van der Waals surface area contributed by atoms with E-state index in [9.17, 15) is 14.3 Å². The van der Waals surface area contributed by atoms with Crippen LogP contribution in [0, 0.1) is 12.7 Å². The number of anilines is 1. The lowest BCUT2D eigenvalue weighted by Crippen LogP contribution is -2.23. The second-order valence-corrected chi connectivity index (χ2v) is 7.45. The molecule has 8 nitrogen and oxygen atoms in total. The summed E-state index contributed by atoms with van der Waals surface area (Å²) >= 11 is 0. The van der Waals surface area contributed by atoms with Crippen molar-refractivity contribution in [3.63, 3.8) is 0 Å². The maximum Gasteiger partial charge on any atom is 0.261 e. The van der Waals surface area contributed by atoms with E-state index in [1.54, 1.807) is 43.5 Å². The van der Waals surface area contributed by atoms with Gasteiger partial charge in [-0.1, -0.05) is 6.07 Å². The van der Waals surface area contributed by atoms with Gasteiger partial charge in [0, 0.05) is 36.2 Å². The molecule has 2 aromatic heterocycles. The van der Waals surface area contributed by atoms with Crippen molar-refractivity contribution in [1.29, 1.82) is 0 Å². The molecule has 174 valence electrons. The van der Waals surface area contributed by atoms with Gasteiger partial charge < -0.3 is 24.3 Å². The molecule has 0 saturated carbocycles. The van der Waals surface area contributed by atoms with E-state index in [4.69, 9.17) is 13.9 Å². The SMILES string of the molecule is COc1cc(N=c2oc3c(C)[nH+]cc(CO)c3cc2C(=O)Nc2cccc(F)c2)cc(OC)c1. The molecule has 2 heterocycles. The van der Waals surface area contributed by atoms with Gasteiger partial charge in [0.15, 0.2) is 6.20 Å². The van der Waals surface area contributed by atoms with Crippen LogP contribution >= 0.6 is 0 Å². The Morgan fingerprint density at radius 1 is 1.15 bits per heavy atom. The molecule has 0 radical (unpaired) electrons. The zero-order valence-electron chi connectivity index (χ0n) is 18.8. The van der Waals surface area contributed by atoms with Gasteiger partial charge >= 0.3 is 0 Å². The standard InChI is InChI=1S/C25H22FN3O5/c1-14-23-21(15(13-30)12-27-14)11-22(24(31)28-17-6-4-5-16(26)7-17)25(34-23)29-18-8-19(32-2)10-20(9-18)33-3/h4-12,30H,13H2,1-3H3,(H,28,31)/p+1. The summed E-state index contributed by atoms with van der Waals surface area (Å²) in [5.74, 6) is -0.0178. The van der Waals surface area contributed by atoms with Gasteiger partial charge in [0.05, 0.1) is 32.1 Å². The number of amides is 1. The molecular weight excluding hydrogens is 441 g/mol. The van der Waals surface area contributed by atoms with Gasteiger partial charge in [0.25, 0.3) is 5.91 Å². The number of aryl methyl sites for hydroxylation is 1. The molecule has 2 aromatic carbocycles. The number of hydrogen-bond donors (Lipinski definition) is 2. The molecule has 0 saturated heterocycles. The van der Waals surface area contributed by atoms with E-state index in [0.29, 0.717) is 39.4 Å². The molecule has 4 rings (SSSR count). The Hall–Kier alpha value is -4.24. The summed E-state index contributed by atoms with van der Waals surface area (Å²) in [5.41, 5.74) is 2.48. The predicted molar refractivity (Wildman–Crippen MR) is 123 cm³/mol. The molecule has 0 fully saturated rings. The Balaban J connectivity index is 1.94. The number of aromatic amines is 1. The summed E-state index contributed by atoms with van der Waals surface area (Å²) in [5, 5.41) is 13.0. The van der Waals surface area contributed by atoms with Gasteiger partial charge in [-0.25, -0.2) is 14.4 Å². The molecule has 0 bridgehead atoms. The quantitative estimate of drug-likeness (QED) is 0.453. The van der Waals surface area contributed by atoms with E-state index in [1.807, 2.05) is 0 Å². The number of aliphatic hydroxyl groups is 1. The highest BCUT2D eigenvalue weighted by molar-refractivity contribution is 6.05. The minimum Gasteiger partial charge on any atom is -0.497 e. The van der Waals surface area contributed by atoms with Gasteiger partial charge in [0.2, 0.25) is 16.8 Å². The summed E-state index contributed by atoms with van der Waals surface area (Å²) in [7, 11) is 3.04. The minimum atomic E-state index is -0.556. The Labute approximate surface area is 194 Å². The number of fused-ring (bicyclic) bond motifs is 1. The fourth-order valence-electron chi connectivity index (χ4n) is 3.45. The largest absolute Gasteiger partial charge is 0.497 e. The van der Waals surface area contributed by atoms with Crippen LogP contribution in [0.15, 0.2) is 64.1 Å². The molecule has 0 aliphatic carbocycles. The zero-order valence-corrected chi connectivity index (χ0v) is 18.8. The normalized spacial score (nSPS) is 11.5. The van der Waals surface area contributed by atoms with Crippen LogP contribution in [0.4, 0.5) is 15.8 Å². The van der Waals surface area contributed by atoms with Gasteiger partial charge in [0.1, 0.15) is 22.9 Å². The Morgan fingerprint density at radius 3 is 2.53 bits per heavy atom. The third kappa shape index (κ3) is 4.74. The summed E-state index contributed by atoms with van der Waals surface area (Å²) in [6, 6.07) is 12.2. The predicted octanol–water partition coefficient (Wildman–Crippen LogP) is 3.69. The smallest absolute Gasteiger partial charge is 0.261 e. The summed E-state index contributed by atoms with van der Waals surface area (Å²) in [6.07, 6.45) is 1.64. The minimum absolute atomic E-state index is 0.0169. The van der Waals surface area contributed by atoms with Gasteiger partial charge in [-0.15, -0.1) is 0 Å². The van der Waals surface area contributed by atoms with E-state index in [0.717, 1.165) is 0 Å². The highest BCUT2D eigenvalue weighted by Gasteiger charge is 2.19. The molecule has 3 N–H and O–H groups in total. The van der Waals surface area contributed by atoms with Crippen LogP contribution < -0.4 is 25.3 Å². The number of benzene rings is 2. The van der Waals surface area contributed by atoms with Crippen molar-refractivity contribution in [2.24, 2.45) is 4.99 Å². The number of H-pyrrole nitrogens is 1. The Bertz CT molecular complexity index is 1430. The molecule has 0 aliphatic heterocycles. The van der Waals surface area contributed by atoms with E-state index >= 15 is 0 Å². The highest BCUT2D eigenvalue weighted by Crippen LogP contribution is 2.28. The number of carbonyl (C=O) groups excluding carboxylic acids is 1. The molecule has 0 aliphatic rings. The molecule has 1 amide bonds. The molecule has 0 atom stereocenters. The lowest BCUT2D eigenvalue weighted by atomic mass is 10.1. The molecule has 4 aromatic rings. The molecular formula is C25H23FN3O5+. The van der Waals surface area contributed by atoms with E-state index < -0.39 is 11.7 Å². The fourth-order valence-corrected chi connectivity index (χ4v) is 3.45. The topological polar surface area (TPSA) is 107 Å². The van der Waals surface area contributed by atoms with Gasteiger partial charge in [-0.3, -0.25) is 4.79 Å². The van der Waals surface area contributed by atoms with Crippen molar-refractivity contribution in [1.82, 2.24) is 0 Å². The average Bonchev–Trinajstić information content (AvgIpc) is 2.84. The van der Waals surface area contributed by atoms with Crippen LogP contribution in [0.2, 0.25) is 0 Å². The lowest BCUT2D eigenvalue weighted by molar-refractivity contribution is -0.386. The molecule has 0 spiro atoms. The van der Waals surface area contributed by atoms with Crippen LogP contribution in [-0.2, 0) is 6.61 Å². The average molecular weight is 464 g/mol. The van der Waals surface area contributed by atoms with Crippen LogP contribution in [0.3, 0.4) is 0 Å². The number of pyridine rings is 1. The van der Waals surface area contributed by atoms with Crippen LogP contribution in [0.1, 0.15) is 21.6 Å². The maximum absolute atomic E-state index is 13.6. The van der Waals surface area contributed by atoms with Crippen molar-refractivity contribution in [3.05, 3.63) is 82.9 Å². The van der Waals surface area contributed by atoms with Gasteiger partial charge in [-0.2, -0.15) is 0 Å². The second kappa shape index (κ2) is 9.72. The second-order valence-electron chi connectivity index (χ2n) is 7.45. The zero-order chi connectivity index (χ0) is 24.2. The first-order valence-corrected chi connectivity index (χ1v) is 10.4. The van der Waals surface area contributed by atoms with Gasteiger partial charge in [-0.05, 0) is 24.3 Å². The fraction of sp³-hybridized carbons (Fsp3) is 0.160. The number of methoxy groups -OCH3 is 2. The monoisotopic (exact) mass is 464 g/mol. The summed E-state index contributed by atoms with van der Waals surface area (Å²) < 4.78 is 30.3. The van der Waals surface area contributed by atoms with Crippen molar-refractivity contribution in [3.8, 4) is 11.5 Å². The van der Waals surface area contributed by atoms with Crippen LogP contribution in [-0.4, -0.2) is 25.2 Å². The lowest BCUT2D eigenvalue weighted by Gasteiger charge is -2.09.